The van der Waals surface area contributed by atoms with Crippen LogP contribution in [-0.2, 0) is 0 Å². The highest BCUT2D eigenvalue weighted by atomic mass is 32.2. The summed E-state index contributed by atoms with van der Waals surface area (Å²) in [6, 6.07) is 13.6. The molecule has 4 heteroatoms. The van der Waals surface area contributed by atoms with E-state index in [1.54, 1.807) is 19.2 Å². The third kappa shape index (κ3) is 3.58. The van der Waals surface area contributed by atoms with E-state index >= 15 is 0 Å². The molecule has 0 saturated carbocycles. The van der Waals surface area contributed by atoms with Gasteiger partial charge in [-0.25, -0.2) is 4.39 Å². The molecule has 0 N–H and O–H groups in total. The van der Waals surface area contributed by atoms with E-state index < -0.39 is 0 Å². The van der Waals surface area contributed by atoms with Gasteiger partial charge in [0.1, 0.15) is 5.82 Å². The summed E-state index contributed by atoms with van der Waals surface area (Å²) >= 11 is 1.15. The van der Waals surface area contributed by atoms with Gasteiger partial charge >= 0.3 is 0 Å². The average Bonchev–Trinajstić information content (AvgIpc) is 2.41. The van der Waals surface area contributed by atoms with Crippen LogP contribution in [0.5, 0.6) is 0 Å². The van der Waals surface area contributed by atoms with Gasteiger partial charge in [0.25, 0.3) is 5.24 Å². The molecule has 0 unspecified atom stereocenters. The maximum Gasteiger partial charge on any atom is 0.290 e. The fraction of sp³-hybridized carbons (Fsp3) is 0.133. The van der Waals surface area contributed by atoms with Crippen molar-refractivity contribution in [2.24, 2.45) is 0 Å². The molecule has 1 amide bonds. The second kappa shape index (κ2) is 5.89. The Morgan fingerprint density at radius 3 is 2.21 bits per heavy atom. The van der Waals surface area contributed by atoms with Crippen molar-refractivity contribution in [2.45, 2.75) is 11.8 Å². The molecule has 2 nitrogen and oxygen atoms in total. The maximum absolute atomic E-state index is 12.8. The predicted molar refractivity (Wildman–Crippen MR) is 77.2 cm³/mol. The van der Waals surface area contributed by atoms with Crippen LogP contribution in [0.4, 0.5) is 14.9 Å². The van der Waals surface area contributed by atoms with E-state index in [9.17, 15) is 9.18 Å². The number of halogens is 1. The van der Waals surface area contributed by atoms with Gasteiger partial charge in [-0.3, -0.25) is 4.79 Å². The van der Waals surface area contributed by atoms with Gasteiger partial charge in [-0.05, 0) is 55.1 Å². The molecule has 2 rings (SSSR count). The van der Waals surface area contributed by atoms with Gasteiger partial charge in [-0.15, -0.1) is 0 Å². The number of nitrogens with zero attached hydrogens (tertiary/aromatic N) is 1. The van der Waals surface area contributed by atoms with Crippen LogP contribution in [0.15, 0.2) is 53.4 Å². The zero-order valence-electron chi connectivity index (χ0n) is 10.8. The number of carbonyl (C=O) groups excluding carboxylic acids is 1. The summed E-state index contributed by atoms with van der Waals surface area (Å²) in [7, 11) is 1.68. The van der Waals surface area contributed by atoms with Crippen LogP contribution in [0, 0.1) is 12.7 Å². The van der Waals surface area contributed by atoms with Gasteiger partial charge < -0.3 is 4.90 Å². The van der Waals surface area contributed by atoms with Crippen molar-refractivity contribution >= 4 is 22.7 Å². The Morgan fingerprint density at radius 2 is 1.63 bits per heavy atom. The van der Waals surface area contributed by atoms with E-state index in [1.165, 1.54) is 17.0 Å². The molecule has 0 saturated heterocycles. The number of hydrogen-bond donors (Lipinski definition) is 0. The topological polar surface area (TPSA) is 20.3 Å². The normalized spacial score (nSPS) is 10.3. The third-order valence-electron chi connectivity index (χ3n) is 2.71. The molecule has 19 heavy (non-hydrogen) atoms. The number of thioether (sulfide) groups is 1. The standard InChI is InChI=1S/C15H14FNOS/c1-11-3-9-14(10-4-11)19-15(18)17(2)13-7-5-12(16)6-8-13/h3-10H,1-2H3. The lowest BCUT2D eigenvalue weighted by molar-refractivity contribution is 0.266. The van der Waals surface area contributed by atoms with E-state index in [-0.39, 0.29) is 11.1 Å². The SMILES string of the molecule is Cc1ccc(SC(=O)N(C)c2ccc(F)cc2)cc1. The summed E-state index contributed by atoms with van der Waals surface area (Å²) in [6.45, 7) is 2.00. The number of amides is 1. The highest BCUT2D eigenvalue weighted by Crippen LogP contribution is 2.24. The summed E-state index contributed by atoms with van der Waals surface area (Å²) in [4.78, 5) is 14.5. The highest BCUT2D eigenvalue weighted by Gasteiger charge is 2.12. The van der Waals surface area contributed by atoms with E-state index in [2.05, 4.69) is 0 Å². The lowest BCUT2D eigenvalue weighted by atomic mass is 10.2. The largest absolute Gasteiger partial charge is 0.306 e. The minimum Gasteiger partial charge on any atom is -0.306 e. The number of aryl methyl sites for hydroxylation is 1. The first kappa shape index (κ1) is 13.6. The van der Waals surface area contributed by atoms with Crippen LogP contribution < -0.4 is 4.90 Å². The summed E-state index contributed by atoms with van der Waals surface area (Å²) in [5.41, 5.74) is 1.83. The first-order valence-corrected chi connectivity index (χ1v) is 6.66. The van der Waals surface area contributed by atoms with Gasteiger partial charge in [0.2, 0.25) is 0 Å². The van der Waals surface area contributed by atoms with E-state index in [1.807, 2.05) is 31.2 Å². The quantitative estimate of drug-likeness (QED) is 0.753. The average molecular weight is 275 g/mol. The predicted octanol–water partition coefficient (Wildman–Crippen LogP) is 4.48. The van der Waals surface area contributed by atoms with Crippen molar-refractivity contribution in [1.29, 1.82) is 0 Å². The molecule has 2 aromatic rings. The van der Waals surface area contributed by atoms with E-state index in [0.29, 0.717) is 5.69 Å². The Kier molecular flexibility index (Phi) is 4.22. The second-order valence-corrected chi connectivity index (χ2v) is 5.24. The van der Waals surface area contributed by atoms with Gasteiger partial charge in [0.15, 0.2) is 0 Å². The van der Waals surface area contributed by atoms with Gasteiger partial charge in [0, 0.05) is 17.6 Å². The van der Waals surface area contributed by atoms with Gasteiger partial charge in [-0.1, -0.05) is 17.7 Å². The molecular weight excluding hydrogens is 261 g/mol. The van der Waals surface area contributed by atoms with Crippen LogP contribution in [-0.4, -0.2) is 12.3 Å². The monoisotopic (exact) mass is 275 g/mol. The van der Waals surface area contributed by atoms with Crippen molar-refractivity contribution in [3.63, 3.8) is 0 Å². The molecule has 0 aliphatic carbocycles. The van der Waals surface area contributed by atoms with Crippen molar-refractivity contribution in [3.8, 4) is 0 Å². The molecule has 98 valence electrons. The zero-order chi connectivity index (χ0) is 13.8. The van der Waals surface area contributed by atoms with E-state index in [0.717, 1.165) is 22.2 Å². The van der Waals surface area contributed by atoms with Gasteiger partial charge in [-0.2, -0.15) is 0 Å². The van der Waals surface area contributed by atoms with Crippen molar-refractivity contribution in [3.05, 3.63) is 59.9 Å². The third-order valence-corrected chi connectivity index (χ3v) is 3.67. The maximum atomic E-state index is 12.8. The molecule has 0 aliphatic heterocycles. The van der Waals surface area contributed by atoms with Crippen LogP contribution in [0.3, 0.4) is 0 Å². The Bertz CT molecular complexity index is 566. The zero-order valence-corrected chi connectivity index (χ0v) is 11.6. The molecule has 2 aromatic carbocycles. The molecule has 0 radical (unpaired) electrons. The van der Waals surface area contributed by atoms with Gasteiger partial charge in [0.05, 0.1) is 0 Å². The minimum absolute atomic E-state index is 0.101. The number of benzene rings is 2. The van der Waals surface area contributed by atoms with Crippen LogP contribution in [0.25, 0.3) is 0 Å². The number of anilines is 1. The summed E-state index contributed by atoms with van der Waals surface area (Å²) in [5.74, 6) is -0.309. The Hall–Kier alpha value is -1.81. The molecule has 0 spiro atoms. The van der Waals surface area contributed by atoms with Crippen LogP contribution in [0.1, 0.15) is 5.56 Å². The molecule has 0 atom stereocenters. The number of hydrogen-bond acceptors (Lipinski definition) is 2. The summed E-state index contributed by atoms with van der Waals surface area (Å²) < 4.78 is 12.8. The fourth-order valence-electron chi connectivity index (χ4n) is 1.55. The fourth-order valence-corrected chi connectivity index (χ4v) is 2.26. The molecule has 0 aromatic heterocycles. The molecular formula is C15H14FNOS. The summed E-state index contributed by atoms with van der Waals surface area (Å²) in [6.07, 6.45) is 0. The lowest BCUT2D eigenvalue weighted by Gasteiger charge is -2.16. The molecule has 0 bridgehead atoms. The number of carbonyl (C=O) groups is 1. The molecule has 0 aliphatic rings. The summed E-state index contributed by atoms with van der Waals surface area (Å²) in [5, 5.41) is -0.101. The molecule has 0 heterocycles. The Morgan fingerprint density at radius 1 is 1.05 bits per heavy atom. The minimum atomic E-state index is -0.309. The highest BCUT2D eigenvalue weighted by molar-refractivity contribution is 8.13. The van der Waals surface area contributed by atoms with Crippen molar-refractivity contribution in [2.75, 3.05) is 11.9 Å². The first-order valence-electron chi connectivity index (χ1n) is 5.84. The van der Waals surface area contributed by atoms with E-state index in [4.69, 9.17) is 0 Å². The van der Waals surface area contributed by atoms with Crippen molar-refractivity contribution < 1.29 is 9.18 Å². The Balaban J connectivity index is 2.07. The lowest BCUT2D eigenvalue weighted by Crippen LogP contribution is -2.21. The Labute approximate surface area is 116 Å². The smallest absolute Gasteiger partial charge is 0.290 e. The van der Waals surface area contributed by atoms with Crippen LogP contribution in [0.2, 0.25) is 0 Å². The second-order valence-electron chi connectivity index (χ2n) is 4.22. The van der Waals surface area contributed by atoms with Crippen LogP contribution >= 0.6 is 11.8 Å². The van der Waals surface area contributed by atoms with Crippen molar-refractivity contribution in [1.82, 2.24) is 0 Å². The number of rotatable bonds is 2. The molecule has 0 fully saturated rings. The first-order chi connectivity index (χ1) is 9.06.